The van der Waals surface area contributed by atoms with Crippen LogP contribution in [-0.4, -0.2) is 26.9 Å². The fourth-order valence-corrected chi connectivity index (χ4v) is 1.44. The van der Waals surface area contributed by atoms with Crippen molar-refractivity contribution in [3.8, 4) is 0 Å². The molecule has 0 atom stereocenters. The van der Waals surface area contributed by atoms with Gasteiger partial charge in [-0.2, -0.15) is 0 Å². The lowest BCUT2D eigenvalue weighted by atomic mass is 10.3. The van der Waals surface area contributed by atoms with E-state index in [4.69, 9.17) is 16.3 Å². The van der Waals surface area contributed by atoms with Crippen molar-refractivity contribution in [2.75, 3.05) is 6.61 Å². The van der Waals surface area contributed by atoms with Gasteiger partial charge < -0.3 is 4.74 Å². The van der Waals surface area contributed by atoms with Gasteiger partial charge in [0.1, 0.15) is 5.56 Å². The summed E-state index contributed by atoms with van der Waals surface area (Å²) >= 11 is 5.72. The number of hydrogen-bond donors (Lipinski definition) is 0. The van der Waals surface area contributed by atoms with Gasteiger partial charge in [0.05, 0.1) is 24.0 Å². The Hall–Kier alpha value is -1.95. The Labute approximate surface area is 101 Å². The van der Waals surface area contributed by atoms with Gasteiger partial charge >= 0.3 is 5.97 Å². The fraction of sp³-hybridized carbons (Fsp3) is 0.200. The Morgan fingerprint density at radius 2 is 2.18 bits per heavy atom. The van der Waals surface area contributed by atoms with Crippen molar-refractivity contribution in [1.29, 1.82) is 0 Å². The second-order valence-electron chi connectivity index (χ2n) is 3.14. The summed E-state index contributed by atoms with van der Waals surface area (Å²) in [6.07, 6.45) is 3.87. The Morgan fingerprint density at radius 3 is 2.88 bits per heavy atom. The first-order valence-electron chi connectivity index (χ1n) is 4.83. The van der Waals surface area contributed by atoms with Crippen molar-refractivity contribution in [2.24, 2.45) is 0 Å². The highest BCUT2D eigenvalue weighted by atomic mass is 35.5. The molecule has 7 heteroatoms. The molecule has 0 fully saturated rings. The van der Waals surface area contributed by atoms with E-state index in [0.29, 0.717) is 0 Å². The van der Waals surface area contributed by atoms with E-state index >= 15 is 0 Å². The molecule has 0 saturated heterocycles. The van der Waals surface area contributed by atoms with E-state index in [1.54, 1.807) is 6.92 Å². The molecule has 17 heavy (non-hydrogen) atoms. The van der Waals surface area contributed by atoms with Crippen molar-refractivity contribution in [3.05, 3.63) is 39.5 Å². The van der Waals surface area contributed by atoms with Gasteiger partial charge in [0.15, 0.2) is 0 Å². The van der Waals surface area contributed by atoms with Crippen LogP contribution in [0.4, 0.5) is 0 Å². The van der Waals surface area contributed by atoms with Crippen LogP contribution in [0.1, 0.15) is 17.3 Å². The molecule has 0 radical (unpaired) electrons. The maximum atomic E-state index is 11.9. The highest BCUT2D eigenvalue weighted by molar-refractivity contribution is 6.30. The molecule has 0 N–H and O–H groups in total. The summed E-state index contributed by atoms with van der Waals surface area (Å²) < 4.78 is 5.85. The average molecular weight is 254 g/mol. The number of fused-ring (bicyclic) bond motifs is 1. The normalized spacial score (nSPS) is 10.5. The van der Waals surface area contributed by atoms with Crippen molar-refractivity contribution in [3.63, 3.8) is 0 Å². The zero-order valence-electron chi connectivity index (χ0n) is 8.88. The van der Waals surface area contributed by atoms with Gasteiger partial charge in [-0.3, -0.25) is 4.79 Å². The largest absolute Gasteiger partial charge is 0.462 e. The fourth-order valence-electron chi connectivity index (χ4n) is 1.30. The third-order valence-electron chi connectivity index (χ3n) is 2.02. The standard InChI is InChI=1S/C10H8ClN3O3/c1-2-17-9(16)7-4-13-10-12-3-6(11)5-14(10)8(7)15/h3-5H,2H2,1H3. The lowest BCUT2D eigenvalue weighted by Crippen LogP contribution is -2.24. The van der Waals surface area contributed by atoms with Gasteiger partial charge in [-0.05, 0) is 6.92 Å². The molecule has 0 aliphatic heterocycles. The Morgan fingerprint density at radius 1 is 1.47 bits per heavy atom. The Kier molecular flexibility index (Phi) is 3.06. The minimum absolute atomic E-state index is 0.145. The molecule has 0 spiro atoms. The number of aromatic nitrogens is 3. The zero-order valence-corrected chi connectivity index (χ0v) is 9.64. The SMILES string of the molecule is CCOC(=O)c1cnc2ncc(Cl)cn2c1=O. The molecule has 0 aliphatic rings. The predicted octanol–water partition coefficient (Wildman–Crippen LogP) is 0.920. The summed E-state index contributed by atoms with van der Waals surface area (Å²) in [6.45, 7) is 1.84. The molecule has 88 valence electrons. The first-order chi connectivity index (χ1) is 8.13. The summed E-state index contributed by atoms with van der Waals surface area (Å²) in [5.74, 6) is -0.535. The summed E-state index contributed by atoms with van der Waals surface area (Å²) in [5.41, 5.74) is -0.697. The van der Waals surface area contributed by atoms with Crippen molar-refractivity contribution in [2.45, 2.75) is 6.92 Å². The number of nitrogens with zero attached hydrogens (tertiary/aromatic N) is 3. The van der Waals surface area contributed by atoms with Gasteiger partial charge in [-0.1, -0.05) is 11.6 Å². The highest BCUT2D eigenvalue weighted by Crippen LogP contribution is 2.05. The number of carbonyl (C=O) groups excluding carboxylic acids is 1. The van der Waals surface area contributed by atoms with Crippen molar-refractivity contribution in [1.82, 2.24) is 14.4 Å². The van der Waals surface area contributed by atoms with E-state index in [2.05, 4.69) is 9.97 Å². The molecule has 2 aromatic heterocycles. The van der Waals surface area contributed by atoms with E-state index in [-0.39, 0.29) is 23.0 Å². The van der Waals surface area contributed by atoms with Crippen LogP contribution >= 0.6 is 11.6 Å². The maximum absolute atomic E-state index is 11.9. The number of rotatable bonds is 2. The molecule has 0 unspecified atom stereocenters. The molecular formula is C10H8ClN3O3. The molecule has 0 bridgehead atoms. The third-order valence-corrected chi connectivity index (χ3v) is 2.22. The van der Waals surface area contributed by atoms with Gasteiger partial charge in [0, 0.05) is 6.20 Å². The van der Waals surface area contributed by atoms with E-state index < -0.39 is 11.5 Å². The van der Waals surface area contributed by atoms with Gasteiger partial charge in [0.25, 0.3) is 5.56 Å². The lowest BCUT2D eigenvalue weighted by Gasteiger charge is -2.03. The van der Waals surface area contributed by atoms with E-state index in [9.17, 15) is 9.59 Å². The molecular weight excluding hydrogens is 246 g/mol. The summed E-state index contributed by atoms with van der Waals surface area (Å²) in [6, 6.07) is 0. The monoisotopic (exact) mass is 253 g/mol. The number of esters is 1. The lowest BCUT2D eigenvalue weighted by molar-refractivity contribution is 0.0523. The van der Waals surface area contributed by atoms with Crippen LogP contribution in [-0.2, 0) is 4.74 Å². The quantitative estimate of drug-likeness (QED) is 0.744. The van der Waals surface area contributed by atoms with Crippen molar-refractivity contribution >= 4 is 23.3 Å². The van der Waals surface area contributed by atoms with Crippen LogP contribution in [0, 0.1) is 0 Å². The second kappa shape index (κ2) is 4.50. The van der Waals surface area contributed by atoms with Crippen LogP contribution in [0.3, 0.4) is 0 Å². The number of halogens is 1. The number of carbonyl (C=O) groups is 1. The molecule has 2 aromatic rings. The van der Waals surface area contributed by atoms with Crippen LogP contribution in [0.15, 0.2) is 23.4 Å². The van der Waals surface area contributed by atoms with E-state index in [1.807, 2.05) is 0 Å². The van der Waals surface area contributed by atoms with Crippen LogP contribution < -0.4 is 5.56 Å². The minimum Gasteiger partial charge on any atom is -0.462 e. The number of hydrogen-bond acceptors (Lipinski definition) is 5. The first-order valence-corrected chi connectivity index (χ1v) is 5.21. The zero-order chi connectivity index (χ0) is 12.4. The molecule has 2 heterocycles. The summed E-state index contributed by atoms with van der Waals surface area (Å²) in [4.78, 5) is 31.1. The van der Waals surface area contributed by atoms with Gasteiger partial charge in [-0.25, -0.2) is 19.2 Å². The highest BCUT2D eigenvalue weighted by Gasteiger charge is 2.14. The topological polar surface area (TPSA) is 73.6 Å². The van der Waals surface area contributed by atoms with E-state index in [0.717, 1.165) is 10.6 Å². The predicted molar refractivity (Wildman–Crippen MR) is 60.2 cm³/mol. The summed E-state index contributed by atoms with van der Waals surface area (Å²) in [7, 11) is 0. The van der Waals surface area contributed by atoms with Gasteiger partial charge in [-0.15, -0.1) is 0 Å². The second-order valence-corrected chi connectivity index (χ2v) is 3.58. The van der Waals surface area contributed by atoms with Crippen LogP contribution in [0.25, 0.3) is 5.78 Å². The van der Waals surface area contributed by atoms with E-state index in [1.165, 1.54) is 12.4 Å². The average Bonchev–Trinajstić information content (AvgIpc) is 2.30. The molecule has 2 rings (SSSR count). The first kappa shape index (κ1) is 11.5. The van der Waals surface area contributed by atoms with Crippen molar-refractivity contribution < 1.29 is 9.53 Å². The number of ether oxygens (including phenoxy) is 1. The van der Waals surface area contributed by atoms with Crippen LogP contribution in [0.5, 0.6) is 0 Å². The van der Waals surface area contributed by atoms with Crippen LogP contribution in [0.2, 0.25) is 5.02 Å². The molecule has 0 amide bonds. The molecule has 0 saturated carbocycles. The molecule has 6 nitrogen and oxygen atoms in total. The third kappa shape index (κ3) is 2.12. The molecule has 0 aromatic carbocycles. The molecule has 0 aliphatic carbocycles. The Bertz CT molecular complexity index is 638. The Balaban J connectivity index is 2.65. The van der Waals surface area contributed by atoms with Gasteiger partial charge in [0.2, 0.25) is 5.78 Å². The minimum atomic E-state index is -0.709. The summed E-state index contributed by atoms with van der Waals surface area (Å²) in [5, 5.41) is 0.280. The maximum Gasteiger partial charge on any atom is 0.345 e. The smallest absolute Gasteiger partial charge is 0.345 e.